The molecule has 1 saturated heterocycles. The van der Waals surface area contributed by atoms with Crippen molar-refractivity contribution in [1.29, 1.82) is 0 Å². The first-order valence-electron chi connectivity index (χ1n) is 6.05. The smallest absolute Gasteiger partial charge is 0.317 e. The molecule has 1 aromatic rings. The molecule has 1 N–H and O–H groups in total. The molecule has 1 fully saturated rings. The minimum absolute atomic E-state index is 0.0411. The van der Waals surface area contributed by atoms with Gasteiger partial charge in [-0.25, -0.2) is 13.2 Å². The first-order valence-corrected chi connectivity index (χ1v) is 7.87. The molecule has 0 spiro atoms. The third-order valence-corrected chi connectivity index (χ3v) is 4.85. The highest BCUT2D eigenvalue weighted by molar-refractivity contribution is 7.91. The Morgan fingerprint density at radius 3 is 2.89 bits per heavy atom. The van der Waals surface area contributed by atoms with Gasteiger partial charge in [-0.05, 0) is 6.42 Å². The van der Waals surface area contributed by atoms with Gasteiger partial charge in [-0.3, -0.25) is 4.68 Å². The maximum atomic E-state index is 11.9. The lowest BCUT2D eigenvalue weighted by molar-refractivity contribution is 0.203. The highest BCUT2D eigenvalue weighted by Crippen LogP contribution is 2.11. The molecule has 2 heterocycles. The van der Waals surface area contributed by atoms with E-state index >= 15 is 0 Å². The number of carbonyl (C=O) groups is 1. The minimum atomic E-state index is -2.97. The van der Waals surface area contributed by atoms with Gasteiger partial charge in [0.1, 0.15) is 0 Å². The summed E-state index contributed by atoms with van der Waals surface area (Å²) in [5, 5.41) is 6.77. The molecule has 1 aliphatic heterocycles. The van der Waals surface area contributed by atoms with E-state index in [4.69, 9.17) is 0 Å². The van der Waals surface area contributed by atoms with Gasteiger partial charge in [0.05, 0.1) is 24.2 Å². The fourth-order valence-corrected chi connectivity index (χ4v) is 3.77. The Bertz CT molecular complexity index is 566. The number of hydrogen-bond donors (Lipinski definition) is 1. The van der Waals surface area contributed by atoms with Crippen molar-refractivity contribution in [2.24, 2.45) is 7.05 Å². The van der Waals surface area contributed by atoms with Crippen molar-refractivity contribution in [3.63, 3.8) is 0 Å². The second-order valence-corrected chi connectivity index (χ2v) is 7.16. The van der Waals surface area contributed by atoms with Crippen LogP contribution in [0.1, 0.15) is 12.0 Å². The normalized spacial score (nSPS) is 21.3. The predicted molar refractivity (Wildman–Crippen MR) is 70.3 cm³/mol. The lowest BCUT2D eigenvalue weighted by atomic mass is 10.3. The van der Waals surface area contributed by atoms with Crippen LogP contribution in [0, 0.1) is 0 Å². The molecule has 1 aromatic heterocycles. The molecule has 0 unspecified atom stereocenters. The summed E-state index contributed by atoms with van der Waals surface area (Å²) in [5.74, 6) is 0.198. The standard InChI is InChI=1S/C11H18N4O3S/c1-14(6-9-5-12-15(2)7-9)11(16)13-10-3-4-19(17,18)8-10/h5,7,10H,3-4,6,8H2,1-2H3,(H,13,16)/t10-/m1/s1. The fourth-order valence-electron chi connectivity index (χ4n) is 2.09. The van der Waals surface area contributed by atoms with Gasteiger partial charge in [-0.2, -0.15) is 5.10 Å². The van der Waals surface area contributed by atoms with Crippen molar-refractivity contribution >= 4 is 15.9 Å². The van der Waals surface area contributed by atoms with E-state index in [1.807, 2.05) is 13.2 Å². The average molecular weight is 286 g/mol. The molecule has 0 saturated carbocycles. The van der Waals surface area contributed by atoms with E-state index in [-0.39, 0.29) is 23.6 Å². The molecule has 0 bridgehead atoms. The zero-order valence-electron chi connectivity index (χ0n) is 11.0. The molecule has 1 atom stereocenters. The van der Waals surface area contributed by atoms with Crippen molar-refractivity contribution in [2.45, 2.75) is 19.0 Å². The van der Waals surface area contributed by atoms with Gasteiger partial charge in [-0.15, -0.1) is 0 Å². The van der Waals surface area contributed by atoms with Crippen molar-refractivity contribution in [1.82, 2.24) is 20.0 Å². The largest absolute Gasteiger partial charge is 0.334 e. The molecule has 8 heteroatoms. The summed E-state index contributed by atoms with van der Waals surface area (Å²) >= 11 is 0. The lowest BCUT2D eigenvalue weighted by Gasteiger charge is -2.19. The molecular weight excluding hydrogens is 268 g/mol. The van der Waals surface area contributed by atoms with Crippen molar-refractivity contribution in [3.05, 3.63) is 18.0 Å². The molecule has 7 nitrogen and oxygen atoms in total. The van der Waals surface area contributed by atoms with Gasteiger partial charge in [0, 0.05) is 31.9 Å². The molecule has 19 heavy (non-hydrogen) atoms. The summed E-state index contributed by atoms with van der Waals surface area (Å²) < 4.78 is 24.3. The molecule has 1 aliphatic rings. The first-order chi connectivity index (χ1) is 8.85. The number of rotatable bonds is 3. The Hall–Kier alpha value is -1.57. The molecule has 0 aliphatic carbocycles. The zero-order valence-corrected chi connectivity index (χ0v) is 11.9. The minimum Gasteiger partial charge on any atom is -0.334 e. The van der Waals surface area contributed by atoms with Crippen molar-refractivity contribution in [3.8, 4) is 0 Å². The number of sulfone groups is 1. The van der Waals surface area contributed by atoms with Gasteiger partial charge in [-0.1, -0.05) is 0 Å². The molecule has 0 aromatic carbocycles. The van der Waals surface area contributed by atoms with Crippen LogP contribution in [-0.2, 0) is 23.4 Å². The number of urea groups is 1. The summed E-state index contributed by atoms with van der Waals surface area (Å²) in [6, 6.07) is -0.528. The van der Waals surface area contributed by atoms with Crippen LogP contribution in [-0.4, -0.2) is 53.7 Å². The number of hydrogen-bond acceptors (Lipinski definition) is 4. The summed E-state index contributed by atoms with van der Waals surface area (Å²) in [6.45, 7) is 0.444. The Labute approximate surface area is 112 Å². The van der Waals surface area contributed by atoms with Gasteiger partial charge >= 0.3 is 6.03 Å². The SMILES string of the molecule is CN(Cc1cnn(C)c1)C(=O)N[C@@H]1CCS(=O)(=O)C1. The second-order valence-electron chi connectivity index (χ2n) is 4.93. The van der Waals surface area contributed by atoms with E-state index in [1.54, 1.807) is 17.9 Å². The van der Waals surface area contributed by atoms with Gasteiger partial charge in [0.2, 0.25) is 0 Å². The maximum absolute atomic E-state index is 11.9. The van der Waals surface area contributed by atoms with Gasteiger partial charge < -0.3 is 10.2 Å². The Balaban J connectivity index is 1.86. The highest BCUT2D eigenvalue weighted by atomic mass is 32.2. The van der Waals surface area contributed by atoms with Crippen LogP contribution in [0.3, 0.4) is 0 Å². The van der Waals surface area contributed by atoms with Crippen LogP contribution < -0.4 is 5.32 Å². The fraction of sp³-hybridized carbons (Fsp3) is 0.636. The topological polar surface area (TPSA) is 84.3 Å². The van der Waals surface area contributed by atoms with E-state index in [1.165, 1.54) is 4.90 Å². The molecular formula is C11H18N4O3S. The monoisotopic (exact) mass is 286 g/mol. The van der Waals surface area contributed by atoms with Crippen LogP contribution in [0.2, 0.25) is 0 Å². The van der Waals surface area contributed by atoms with Crippen LogP contribution in [0.4, 0.5) is 4.79 Å². The van der Waals surface area contributed by atoms with Crippen LogP contribution in [0.25, 0.3) is 0 Å². The third kappa shape index (κ3) is 3.69. The van der Waals surface area contributed by atoms with E-state index < -0.39 is 9.84 Å². The lowest BCUT2D eigenvalue weighted by Crippen LogP contribution is -2.43. The second kappa shape index (κ2) is 5.20. The third-order valence-electron chi connectivity index (χ3n) is 3.08. The Morgan fingerprint density at radius 2 is 2.37 bits per heavy atom. The number of nitrogens with one attached hydrogen (secondary N) is 1. The summed E-state index contributed by atoms with van der Waals surface area (Å²) in [4.78, 5) is 13.4. The average Bonchev–Trinajstić information content (AvgIpc) is 2.85. The molecule has 106 valence electrons. The molecule has 2 rings (SSSR count). The van der Waals surface area contributed by atoms with Crippen LogP contribution in [0.5, 0.6) is 0 Å². The van der Waals surface area contributed by atoms with Crippen molar-refractivity contribution in [2.75, 3.05) is 18.6 Å². The van der Waals surface area contributed by atoms with Crippen LogP contribution >= 0.6 is 0 Å². The summed E-state index contributed by atoms with van der Waals surface area (Å²) in [6.07, 6.45) is 4.03. The number of carbonyl (C=O) groups excluding carboxylic acids is 1. The zero-order chi connectivity index (χ0) is 14.0. The van der Waals surface area contributed by atoms with Crippen molar-refractivity contribution < 1.29 is 13.2 Å². The first kappa shape index (κ1) is 13.9. The number of aromatic nitrogens is 2. The number of aryl methyl sites for hydroxylation is 1. The van der Waals surface area contributed by atoms with E-state index in [9.17, 15) is 13.2 Å². The molecule has 0 radical (unpaired) electrons. The Morgan fingerprint density at radius 1 is 1.63 bits per heavy atom. The number of nitrogens with zero attached hydrogens (tertiary/aromatic N) is 3. The maximum Gasteiger partial charge on any atom is 0.317 e. The van der Waals surface area contributed by atoms with Crippen LogP contribution in [0.15, 0.2) is 12.4 Å². The summed E-state index contributed by atoms with van der Waals surface area (Å²) in [5.41, 5.74) is 0.930. The Kier molecular flexibility index (Phi) is 3.79. The quantitative estimate of drug-likeness (QED) is 0.830. The van der Waals surface area contributed by atoms with Gasteiger partial charge in [0.15, 0.2) is 9.84 Å². The molecule has 2 amide bonds. The highest BCUT2D eigenvalue weighted by Gasteiger charge is 2.29. The van der Waals surface area contributed by atoms with E-state index in [0.29, 0.717) is 13.0 Å². The van der Waals surface area contributed by atoms with E-state index in [0.717, 1.165) is 5.56 Å². The number of amides is 2. The summed E-state index contributed by atoms with van der Waals surface area (Å²) in [7, 11) is 0.516. The van der Waals surface area contributed by atoms with E-state index in [2.05, 4.69) is 10.4 Å². The predicted octanol–water partition coefficient (Wildman–Crippen LogP) is -0.251. The van der Waals surface area contributed by atoms with Gasteiger partial charge in [0.25, 0.3) is 0 Å².